The summed E-state index contributed by atoms with van der Waals surface area (Å²) in [6.45, 7) is 7.76. The van der Waals surface area contributed by atoms with Crippen LogP contribution in [0.15, 0.2) is 0 Å². The molecular formula is C12H21NO5. The lowest BCUT2D eigenvalue weighted by Crippen LogP contribution is -2.53. The monoisotopic (exact) mass is 259 g/mol. The van der Waals surface area contributed by atoms with Gasteiger partial charge in [-0.2, -0.15) is 0 Å². The van der Waals surface area contributed by atoms with Crippen molar-refractivity contribution in [2.75, 3.05) is 20.2 Å². The molecule has 0 aromatic carbocycles. The van der Waals surface area contributed by atoms with Crippen molar-refractivity contribution < 1.29 is 23.8 Å². The van der Waals surface area contributed by atoms with Gasteiger partial charge in [0.25, 0.3) is 0 Å². The highest BCUT2D eigenvalue weighted by Gasteiger charge is 2.35. The molecule has 0 bridgehead atoms. The second-order valence-electron chi connectivity index (χ2n) is 5.34. The molecule has 104 valence electrons. The van der Waals surface area contributed by atoms with Gasteiger partial charge in [0, 0.05) is 0 Å². The molecule has 2 atom stereocenters. The van der Waals surface area contributed by atoms with Gasteiger partial charge in [-0.3, -0.25) is 0 Å². The molecule has 1 rings (SSSR count). The Kier molecular flexibility index (Phi) is 4.56. The van der Waals surface area contributed by atoms with Gasteiger partial charge in [0.15, 0.2) is 6.10 Å². The molecule has 1 amide bonds. The van der Waals surface area contributed by atoms with Gasteiger partial charge < -0.3 is 19.1 Å². The Bertz CT molecular complexity index is 323. The number of carbonyl (C=O) groups is 2. The Hall–Kier alpha value is -1.30. The number of nitrogens with zero attached hydrogens (tertiary/aromatic N) is 1. The minimum atomic E-state index is -0.744. The van der Waals surface area contributed by atoms with E-state index in [-0.39, 0.29) is 12.6 Å². The van der Waals surface area contributed by atoms with E-state index in [1.54, 1.807) is 27.7 Å². The molecule has 6 heteroatoms. The van der Waals surface area contributed by atoms with Crippen LogP contribution in [-0.4, -0.2) is 55.0 Å². The highest BCUT2D eigenvalue weighted by atomic mass is 16.6. The molecule has 0 spiro atoms. The van der Waals surface area contributed by atoms with Crippen LogP contribution in [-0.2, 0) is 19.0 Å². The molecule has 1 unspecified atom stereocenters. The highest BCUT2D eigenvalue weighted by Crippen LogP contribution is 2.16. The Morgan fingerprint density at radius 2 is 1.89 bits per heavy atom. The zero-order chi connectivity index (χ0) is 13.9. The molecule has 0 saturated carbocycles. The quantitative estimate of drug-likeness (QED) is 0.662. The molecule has 1 aliphatic heterocycles. The van der Waals surface area contributed by atoms with E-state index in [0.29, 0.717) is 6.54 Å². The van der Waals surface area contributed by atoms with E-state index in [1.807, 2.05) is 0 Å². The number of hydrogen-bond donors (Lipinski definition) is 0. The molecule has 0 N–H and O–H groups in total. The van der Waals surface area contributed by atoms with E-state index >= 15 is 0 Å². The van der Waals surface area contributed by atoms with Crippen LogP contribution in [0.4, 0.5) is 4.79 Å². The van der Waals surface area contributed by atoms with Crippen molar-refractivity contribution in [3.8, 4) is 0 Å². The number of morpholine rings is 1. The fourth-order valence-electron chi connectivity index (χ4n) is 1.69. The fourth-order valence-corrected chi connectivity index (χ4v) is 1.69. The fraction of sp³-hybridized carbons (Fsp3) is 0.833. The lowest BCUT2D eigenvalue weighted by atomic mass is 10.2. The van der Waals surface area contributed by atoms with Gasteiger partial charge in [-0.25, -0.2) is 9.59 Å². The maximum Gasteiger partial charge on any atom is 0.410 e. The molecule has 1 fully saturated rings. The van der Waals surface area contributed by atoms with E-state index in [1.165, 1.54) is 12.0 Å². The summed E-state index contributed by atoms with van der Waals surface area (Å²) in [4.78, 5) is 24.8. The summed E-state index contributed by atoms with van der Waals surface area (Å²) in [7, 11) is 1.29. The Balaban J connectivity index is 2.66. The molecule has 18 heavy (non-hydrogen) atoms. The average molecular weight is 259 g/mol. The maximum absolute atomic E-state index is 11.9. The van der Waals surface area contributed by atoms with Crippen molar-refractivity contribution in [2.24, 2.45) is 0 Å². The van der Waals surface area contributed by atoms with Crippen molar-refractivity contribution >= 4 is 12.1 Å². The second-order valence-corrected chi connectivity index (χ2v) is 5.34. The van der Waals surface area contributed by atoms with Crippen molar-refractivity contribution in [2.45, 2.75) is 45.5 Å². The van der Waals surface area contributed by atoms with Gasteiger partial charge >= 0.3 is 12.1 Å². The summed E-state index contributed by atoms with van der Waals surface area (Å²) >= 11 is 0. The number of methoxy groups -OCH3 is 1. The van der Waals surface area contributed by atoms with Crippen molar-refractivity contribution in [1.82, 2.24) is 4.90 Å². The summed E-state index contributed by atoms with van der Waals surface area (Å²) in [5.41, 5.74) is -0.556. The van der Waals surface area contributed by atoms with Gasteiger partial charge in [0.2, 0.25) is 0 Å². The largest absolute Gasteiger partial charge is 0.467 e. The number of rotatable bonds is 1. The van der Waals surface area contributed by atoms with E-state index in [0.717, 1.165) is 0 Å². The zero-order valence-corrected chi connectivity index (χ0v) is 11.6. The predicted molar refractivity (Wildman–Crippen MR) is 64.2 cm³/mol. The van der Waals surface area contributed by atoms with Gasteiger partial charge in [0.05, 0.1) is 26.3 Å². The van der Waals surface area contributed by atoms with Crippen LogP contribution < -0.4 is 0 Å². The van der Waals surface area contributed by atoms with Crippen LogP contribution in [0.1, 0.15) is 27.7 Å². The van der Waals surface area contributed by atoms with Crippen molar-refractivity contribution in [3.05, 3.63) is 0 Å². The van der Waals surface area contributed by atoms with Crippen LogP contribution in [0.2, 0.25) is 0 Å². The summed E-state index contributed by atoms with van der Waals surface area (Å²) in [6, 6.07) is 0. The number of ether oxygens (including phenoxy) is 3. The van der Waals surface area contributed by atoms with E-state index in [2.05, 4.69) is 4.74 Å². The lowest BCUT2D eigenvalue weighted by Gasteiger charge is -2.36. The van der Waals surface area contributed by atoms with Crippen molar-refractivity contribution in [1.29, 1.82) is 0 Å². The first kappa shape index (κ1) is 14.8. The van der Waals surface area contributed by atoms with Crippen LogP contribution in [0.3, 0.4) is 0 Å². The highest BCUT2D eigenvalue weighted by molar-refractivity contribution is 5.76. The number of carbonyl (C=O) groups excluding carboxylic acids is 2. The number of hydrogen-bond acceptors (Lipinski definition) is 5. The molecule has 1 heterocycles. The zero-order valence-electron chi connectivity index (χ0n) is 11.6. The van der Waals surface area contributed by atoms with Crippen LogP contribution in [0.5, 0.6) is 0 Å². The molecule has 0 radical (unpaired) electrons. The maximum atomic E-state index is 11.9. The average Bonchev–Trinajstić information content (AvgIpc) is 2.24. The standard InChI is InChI=1S/C12H21NO5/c1-8-6-13(11(15)18-12(2,3)4)7-9(17-8)10(14)16-5/h8-9H,6-7H2,1-5H3/t8?,9-/m1/s1. The smallest absolute Gasteiger partial charge is 0.410 e. The molecule has 1 saturated heterocycles. The van der Waals surface area contributed by atoms with Gasteiger partial charge in [-0.1, -0.05) is 0 Å². The molecule has 1 aliphatic rings. The molecule has 0 aliphatic carbocycles. The first-order valence-corrected chi connectivity index (χ1v) is 5.94. The van der Waals surface area contributed by atoms with Crippen LogP contribution >= 0.6 is 0 Å². The molecule has 0 aromatic heterocycles. The van der Waals surface area contributed by atoms with E-state index in [9.17, 15) is 9.59 Å². The first-order chi connectivity index (χ1) is 8.23. The van der Waals surface area contributed by atoms with Crippen LogP contribution in [0.25, 0.3) is 0 Å². The Labute approximate surface area is 107 Å². The van der Waals surface area contributed by atoms with E-state index in [4.69, 9.17) is 9.47 Å². The minimum absolute atomic E-state index is 0.159. The SMILES string of the molecule is COC(=O)[C@H]1CN(C(=O)OC(C)(C)C)CC(C)O1. The predicted octanol–water partition coefficient (Wildman–Crippen LogP) is 1.18. The number of amides is 1. The Morgan fingerprint density at radius 1 is 1.28 bits per heavy atom. The van der Waals surface area contributed by atoms with Gasteiger partial charge in [-0.15, -0.1) is 0 Å². The molecule has 6 nitrogen and oxygen atoms in total. The summed E-state index contributed by atoms with van der Waals surface area (Å²) in [6.07, 6.45) is -1.41. The third-order valence-electron chi connectivity index (χ3n) is 2.38. The summed E-state index contributed by atoms with van der Waals surface area (Å²) in [5, 5.41) is 0. The van der Waals surface area contributed by atoms with E-state index < -0.39 is 23.8 Å². The third kappa shape index (κ3) is 4.18. The summed E-state index contributed by atoms with van der Waals surface area (Å²) < 4.78 is 15.3. The van der Waals surface area contributed by atoms with Crippen LogP contribution in [0, 0.1) is 0 Å². The third-order valence-corrected chi connectivity index (χ3v) is 2.38. The number of esters is 1. The first-order valence-electron chi connectivity index (χ1n) is 5.94. The normalized spacial score (nSPS) is 24.6. The summed E-state index contributed by atoms with van der Waals surface area (Å²) in [5.74, 6) is -0.477. The van der Waals surface area contributed by atoms with Crippen molar-refractivity contribution in [3.63, 3.8) is 0 Å². The lowest BCUT2D eigenvalue weighted by molar-refractivity contribution is -0.165. The molecule has 0 aromatic rings. The van der Waals surface area contributed by atoms with Gasteiger partial charge in [0.1, 0.15) is 5.60 Å². The molecular weight excluding hydrogens is 238 g/mol. The Morgan fingerprint density at radius 3 is 2.39 bits per heavy atom. The van der Waals surface area contributed by atoms with Gasteiger partial charge in [-0.05, 0) is 27.7 Å². The second kappa shape index (κ2) is 5.56. The minimum Gasteiger partial charge on any atom is -0.467 e. The topological polar surface area (TPSA) is 65.1 Å².